The first-order valence-corrected chi connectivity index (χ1v) is 7.08. The van der Waals surface area contributed by atoms with Crippen molar-refractivity contribution in [3.8, 4) is 0 Å². The largest absolute Gasteiger partial charge is 0.383 e. The third-order valence-corrected chi connectivity index (χ3v) is 3.30. The first-order valence-electron chi connectivity index (χ1n) is 7.08. The maximum atomic E-state index is 5.56. The Balaban J connectivity index is 2.60. The van der Waals surface area contributed by atoms with Crippen LogP contribution in [0.25, 0.3) is 0 Å². The molecule has 0 saturated carbocycles. The summed E-state index contributed by atoms with van der Waals surface area (Å²) in [5.41, 5.74) is 0. The molecule has 6 nitrogen and oxygen atoms in total. The zero-order chi connectivity index (χ0) is 15.0. The SMILES string of the molecule is CCN(C)CC(Cn1ccnc1NC(C)COC)OC. The van der Waals surface area contributed by atoms with Gasteiger partial charge in [-0.25, -0.2) is 4.98 Å². The van der Waals surface area contributed by atoms with Gasteiger partial charge in [0.2, 0.25) is 5.95 Å². The number of aromatic nitrogens is 2. The van der Waals surface area contributed by atoms with Crippen LogP contribution in [-0.4, -0.2) is 67.6 Å². The molecular formula is C14H28N4O2. The number of likely N-dealkylation sites (N-methyl/N-ethyl adjacent to an activating group) is 1. The lowest BCUT2D eigenvalue weighted by molar-refractivity contribution is 0.0606. The Kier molecular flexibility index (Phi) is 7.58. The maximum Gasteiger partial charge on any atom is 0.203 e. The van der Waals surface area contributed by atoms with Crippen LogP contribution in [0.2, 0.25) is 0 Å². The van der Waals surface area contributed by atoms with E-state index in [0.717, 1.165) is 25.6 Å². The summed E-state index contributed by atoms with van der Waals surface area (Å²) < 4.78 is 12.8. The van der Waals surface area contributed by atoms with Crippen LogP contribution in [-0.2, 0) is 16.0 Å². The average Bonchev–Trinajstić information content (AvgIpc) is 2.85. The van der Waals surface area contributed by atoms with Gasteiger partial charge in [-0.15, -0.1) is 0 Å². The van der Waals surface area contributed by atoms with Crippen molar-refractivity contribution in [2.45, 2.75) is 32.5 Å². The van der Waals surface area contributed by atoms with E-state index >= 15 is 0 Å². The predicted molar refractivity (Wildman–Crippen MR) is 81.2 cm³/mol. The molecule has 0 fully saturated rings. The van der Waals surface area contributed by atoms with Crippen molar-refractivity contribution in [3.63, 3.8) is 0 Å². The normalized spacial score (nSPS) is 14.5. The van der Waals surface area contributed by atoms with Crippen molar-refractivity contribution in [2.24, 2.45) is 0 Å². The number of hydrogen-bond donors (Lipinski definition) is 1. The number of ether oxygens (including phenoxy) is 2. The number of methoxy groups -OCH3 is 2. The van der Waals surface area contributed by atoms with Gasteiger partial charge in [-0.05, 0) is 20.5 Å². The molecule has 1 aromatic heterocycles. The highest BCUT2D eigenvalue weighted by atomic mass is 16.5. The molecule has 0 aliphatic carbocycles. The van der Waals surface area contributed by atoms with Crippen LogP contribution in [0.4, 0.5) is 5.95 Å². The molecule has 0 aliphatic heterocycles. The standard InChI is InChI=1S/C14H28N4O2/c1-6-17(3)9-13(20-5)10-18-8-7-15-14(18)16-12(2)11-19-4/h7-8,12-13H,6,9-11H2,1-5H3,(H,15,16). The van der Waals surface area contributed by atoms with Crippen molar-refractivity contribution < 1.29 is 9.47 Å². The van der Waals surface area contributed by atoms with Gasteiger partial charge in [0, 0.05) is 39.2 Å². The van der Waals surface area contributed by atoms with Gasteiger partial charge in [-0.1, -0.05) is 6.92 Å². The van der Waals surface area contributed by atoms with Gasteiger partial charge in [0.15, 0.2) is 0 Å². The van der Waals surface area contributed by atoms with Crippen LogP contribution in [0, 0.1) is 0 Å². The molecule has 1 rings (SSSR count). The summed E-state index contributed by atoms with van der Waals surface area (Å²) in [4.78, 5) is 6.59. The molecule has 1 heterocycles. The monoisotopic (exact) mass is 284 g/mol. The molecule has 0 saturated heterocycles. The number of rotatable bonds is 10. The molecule has 1 N–H and O–H groups in total. The van der Waals surface area contributed by atoms with Gasteiger partial charge < -0.3 is 24.3 Å². The van der Waals surface area contributed by atoms with Gasteiger partial charge in [0.25, 0.3) is 0 Å². The van der Waals surface area contributed by atoms with Crippen molar-refractivity contribution in [3.05, 3.63) is 12.4 Å². The molecule has 0 bridgehead atoms. The molecule has 0 aliphatic rings. The summed E-state index contributed by atoms with van der Waals surface area (Å²) in [6.07, 6.45) is 3.92. The summed E-state index contributed by atoms with van der Waals surface area (Å²) in [6.45, 7) is 7.56. The number of nitrogens with zero attached hydrogens (tertiary/aromatic N) is 3. The van der Waals surface area contributed by atoms with Crippen molar-refractivity contribution >= 4 is 5.95 Å². The molecule has 0 amide bonds. The molecular weight excluding hydrogens is 256 g/mol. The summed E-state index contributed by atoms with van der Waals surface area (Å²) >= 11 is 0. The Morgan fingerprint density at radius 1 is 1.45 bits per heavy atom. The van der Waals surface area contributed by atoms with Gasteiger partial charge in [-0.2, -0.15) is 0 Å². The van der Waals surface area contributed by atoms with E-state index in [0.29, 0.717) is 6.61 Å². The molecule has 6 heteroatoms. The lowest BCUT2D eigenvalue weighted by atomic mass is 10.3. The first-order chi connectivity index (χ1) is 9.60. The van der Waals surface area contributed by atoms with Gasteiger partial charge in [-0.3, -0.25) is 0 Å². The van der Waals surface area contributed by atoms with Gasteiger partial charge in [0.05, 0.1) is 19.3 Å². The second kappa shape index (κ2) is 8.94. The van der Waals surface area contributed by atoms with E-state index in [1.807, 2.05) is 6.20 Å². The van der Waals surface area contributed by atoms with Gasteiger partial charge in [0.1, 0.15) is 0 Å². The highest BCUT2D eigenvalue weighted by molar-refractivity contribution is 5.27. The predicted octanol–water partition coefficient (Wildman–Crippen LogP) is 1.30. The minimum Gasteiger partial charge on any atom is -0.383 e. The Morgan fingerprint density at radius 2 is 2.20 bits per heavy atom. The fraction of sp³-hybridized carbons (Fsp3) is 0.786. The van der Waals surface area contributed by atoms with Crippen LogP contribution < -0.4 is 5.32 Å². The minimum absolute atomic E-state index is 0.146. The minimum atomic E-state index is 0.146. The van der Waals surface area contributed by atoms with Crippen molar-refractivity contribution in [1.82, 2.24) is 14.5 Å². The summed E-state index contributed by atoms with van der Waals surface area (Å²) in [6, 6.07) is 0.223. The van der Waals surface area contributed by atoms with E-state index in [4.69, 9.17) is 9.47 Å². The highest BCUT2D eigenvalue weighted by Gasteiger charge is 2.14. The van der Waals surface area contributed by atoms with Crippen molar-refractivity contribution in [2.75, 3.05) is 46.3 Å². The number of hydrogen-bond acceptors (Lipinski definition) is 5. The van der Waals surface area contributed by atoms with E-state index in [9.17, 15) is 0 Å². The van der Waals surface area contributed by atoms with Crippen LogP contribution in [0.5, 0.6) is 0 Å². The van der Waals surface area contributed by atoms with Crippen molar-refractivity contribution in [1.29, 1.82) is 0 Å². The molecule has 2 atom stereocenters. The van der Waals surface area contributed by atoms with E-state index < -0.39 is 0 Å². The summed E-state index contributed by atoms with van der Waals surface area (Å²) in [5.74, 6) is 0.857. The molecule has 0 spiro atoms. The number of anilines is 1. The Morgan fingerprint density at radius 3 is 2.80 bits per heavy atom. The van der Waals surface area contributed by atoms with Crippen LogP contribution >= 0.6 is 0 Å². The Hall–Kier alpha value is -1.11. The lowest BCUT2D eigenvalue weighted by Crippen LogP contribution is -2.34. The third-order valence-electron chi connectivity index (χ3n) is 3.30. The van der Waals surface area contributed by atoms with E-state index in [1.54, 1.807) is 20.4 Å². The Labute approximate surface area is 122 Å². The first kappa shape index (κ1) is 16.9. The molecule has 0 aromatic carbocycles. The lowest BCUT2D eigenvalue weighted by Gasteiger charge is -2.23. The number of nitrogens with one attached hydrogen (secondary N) is 1. The molecule has 116 valence electrons. The van der Waals surface area contributed by atoms with Gasteiger partial charge >= 0.3 is 0 Å². The molecule has 1 aromatic rings. The third kappa shape index (κ3) is 5.48. The van der Waals surface area contributed by atoms with Crippen LogP contribution in [0.1, 0.15) is 13.8 Å². The van der Waals surface area contributed by atoms with E-state index in [2.05, 4.69) is 40.7 Å². The highest BCUT2D eigenvalue weighted by Crippen LogP contribution is 2.09. The van der Waals surface area contributed by atoms with Crippen LogP contribution in [0.3, 0.4) is 0 Å². The van der Waals surface area contributed by atoms with E-state index in [-0.39, 0.29) is 12.1 Å². The summed E-state index contributed by atoms with van der Waals surface area (Å²) in [7, 11) is 5.55. The second-order valence-electron chi connectivity index (χ2n) is 5.12. The average molecular weight is 284 g/mol. The fourth-order valence-electron chi connectivity index (χ4n) is 2.01. The van der Waals surface area contributed by atoms with Crippen LogP contribution in [0.15, 0.2) is 12.4 Å². The summed E-state index contributed by atoms with van der Waals surface area (Å²) in [5, 5.41) is 3.35. The molecule has 20 heavy (non-hydrogen) atoms. The second-order valence-corrected chi connectivity index (χ2v) is 5.12. The topological polar surface area (TPSA) is 51.6 Å². The molecule has 2 unspecified atom stereocenters. The number of imidazole rings is 1. The zero-order valence-electron chi connectivity index (χ0n) is 13.3. The maximum absolute atomic E-state index is 5.56. The Bertz CT molecular complexity index is 370. The fourth-order valence-corrected chi connectivity index (χ4v) is 2.01. The molecule has 0 radical (unpaired) electrons. The zero-order valence-corrected chi connectivity index (χ0v) is 13.3. The smallest absolute Gasteiger partial charge is 0.203 e. The van der Waals surface area contributed by atoms with E-state index in [1.165, 1.54) is 0 Å². The quantitative estimate of drug-likeness (QED) is 0.702.